The fourth-order valence-electron chi connectivity index (χ4n) is 3.85. The van der Waals surface area contributed by atoms with Crippen molar-refractivity contribution in [3.05, 3.63) is 58.4 Å². The predicted molar refractivity (Wildman–Crippen MR) is 138 cm³/mol. The van der Waals surface area contributed by atoms with E-state index in [1.54, 1.807) is 32.4 Å². The summed E-state index contributed by atoms with van der Waals surface area (Å²) in [4.78, 5) is 16.8. The van der Waals surface area contributed by atoms with Crippen LogP contribution in [0, 0.1) is 0 Å². The summed E-state index contributed by atoms with van der Waals surface area (Å²) in [6.45, 7) is 2.79. The molecular weight excluding hydrogens is 474 g/mol. The van der Waals surface area contributed by atoms with Crippen LogP contribution in [0.1, 0.15) is 16.1 Å². The molecule has 9 heteroatoms. The third-order valence-corrected chi connectivity index (χ3v) is 7.11. The fourth-order valence-corrected chi connectivity index (χ4v) is 5.05. The highest BCUT2D eigenvalue weighted by molar-refractivity contribution is 7.18. The molecule has 1 aromatic heterocycles. The van der Waals surface area contributed by atoms with Crippen LogP contribution in [-0.2, 0) is 0 Å². The maximum absolute atomic E-state index is 13.1. The molecule has 4 rings (SSSR count). The number of carbonyl (C=O) groups is 1. The van der Waals surface area contributed by atoms with Gasteiger partial charge in [-0.2, -0.15) is 0 Å². The van der Waals surface area contributed by atoms with E-state index in [2.05, 4.69) is 15.5 Å². The van der Waals surface area contributed by atoms with E-state index in [-0.39, 0.29) is 12.0 Å². The molecule has 0 saturated carbocycles. The van der Waals surface area contributed by atoms with Crippen molar-refractivity contribution in [2.45, 2.75) is 12.5 Å². The van der Waals surface area contributed by atoms with Gasteiger partial charge in [-0.05, 0) is 42.3 Å². The third kappa shape index (κ3) is 5.82. The molecule has 0 aliphatic carbocycles. The number of carbonyl (C=O) groups excluding carboxylic acids is 1. The molecule has 0 bridgehead atoms. The second-order valence-corrected chi connectivity index (χ2v) is 9.51. The van der Waals surface area contributed by atoms with E-state index in [1.165, 1.54) is 11.3 Å². The number of aliphatic hydroxyl groups excluding tert-OH is 1. The van der Waals surface area contributed by atoms with Gasteiger partial charge in [0.25, 0.3) is 5.91 Å². The number of methoxy groups -OCH3 is 1. The van der Waals surface area contributed by atoms with Crippen LogP contribution in [0.3, 0.4) is 0 Å². The third-order valence-electron chi connectivity index (χ3n) is 5.67. The van der Waals surface area contributed by atoms with Gasteiger partial charge in [0.15, 0.2) is 11.5 Å². The molecule has 3 N–H and O–H groups in total. The molecule has 1 aliphatic heterocycles. The number of hydrogen-bond donors (Lipinski definition) is 3. The second kappa shape index (κ2) is 11.1. The highest BCUT2D eigenvalue weighted by Gasteiger charge is 2.20. The normalized spacial score (nSPS) is 15.8. The summed E-state index contributed by atoms with van der Waals surface area (Å²) >= 11 is 7.41. The Balaban J connectivity index is 1.42. The van der Waals surface area contributed by atoms with Crippen molar-refractivity contribution >= 4 is 40.2 Å². The van der Waals surface area contributed by atoms with E-state index < -0.39 is 0 Å². The van der Waals surface area contributed by atoms with Crippen molar-refractivity contribution in [2.75, 3.05) is 51.0 Å². The van der Waals surface area contributed by atoms with Gasteiger partial charge in [0, 0.05) is 48.3 Å². The van der Waals surface area contributed by atoms with Gasteiger partial charge < -0.3 is 25.2 Å². The zero-order chi connectivity index (χ0) is 24.1. The van der Waals surface area contributed by atoms with Crippen LogP contribution in [-0.4, -0.2) is 62.4 Å². The molecule has 0 radical (unpaired) electrons. The second-order valence-electron chi connectivity index (χ2n) is 8.02. The number of nitrogens with zero attached hydrogens (tertiary/aromatic N) is 1. The Hall–Kier alpha value is -2.78. The standard InChI is InChI=1S/C25H28ClN3O4S/c1-27-20-14-23(16-3-5-17(26)6-4-16)34-24(20)25(31)28-18-7-8-21(22(13-18)32-2)33-12-11-29-10-9-19(30)15-29/h3-8,13-14,19,27,30H,9-12,15H2,1-2H3,(H,28,31)/t19-/m1/s1. The summed E-state index contributed by atoms with van der Waals surface area (Å²) in [5.74, 6) is 0.941. The van der Waals surface area contributed by atoms with Crippen LogP contribution in [0.4, 0.5) is 11.4 Å². The molecule has 1 amide bonds. The maximum atomic E-state index is 13.1. The average Bonchev–Trinajstić information content (AvgIpc) is 3.46. The molecule has 2 aromatic carbocycles. The first kappa shape index (κ1) is 24.3. The largest absolute Gasteiger partial charge is 0.493 e. The number of halogens is 1. The van der Waals surface area contributed by atoms with Crippen LogP contribution in [0.5, 0.6) is 11.5 Å². The number of ether oxygens (including phenoxy) is 2. The molecule has 1 saturated heterocycles. The smallest absolute Gasteiger partial charge is 0.267 e. The first-order valence-corrected chi connectivity index (χ1v) is 12.3. The Morgan fingerprint density at radius 2 is 2.00 bits per heavy atom. The molecule has 180 valence electrons. The van der Waals surface area contributed by atoms with E-state index in [1.807, 2.05) is 30.3 Å². The van der Waals surface area contributed by atoms with Crippen LogP contribution < -0.4 is 20.1 Å². The van der Waals surface area contributed by atoms with Gasteiger partial charge in [-0.25, -0.2) is 0 Å². The predicted octanol–water partition coefficient (Wildman–Crippen LogP) is 4.82. The molecule has 1 atom stereocenters. The highest BCUT2D eigenvalue weighted by atomic mass is 35.5. The molecule has 0 unspecified atom stereocenters. The van der Waals surface area contributed by atoms with Crippen molar-refractivity contribution in [1.29, 1.82) is 0 Å². The lowest BCUT2D eigenvalue weighted by Gasteiger charge is -2.17. The molecule has 2 heterocycles. The minimum atomic E-state index is -0.244. The van der Waals surface area contributed by atoms with E-state index in [4.69, 9.17) is 21.1 Å². The Kier molecular flexibility index (Phi) is 7.95. The lowest BCUT2D eigenvalue weighted by molar-refractivity contribution is 0.103. The molecule has 3 aromatic rings. The summed E-state index contributed by atoms with van der Waals surface area (Å²) in [5, 5.41) is 16.4. The molecule has 1 fully saturated rings. The monoisotopic (exact) mass is 501 g/mol. The molecule has 34 heavy (non-hydrogen) atoms. The number of likely N-dealkylation sites (tertiary alicyclic amines) is 1. The van der Waals surface area contributed by atoms with Crippen molar-refractivity contribution in [1.82, 2.24) is 4.90 Å². The van der Waals surface area contributed by atoms with Crippen LogP contribution in [0.2, 0.25) is 5.02 Å². The summed E-state index contributed by atoms with van der Waals surface area (Å²) in [5.41, 5.74) is 2.36. The average molecular weight is 502 g/mol. The number of amides is 1. The number of nitrogens with one attached hydrogen (secondary N) is 2. The Labute approximate surface area is 208 Å². The number of anilines is 2. The van der Waals surface area contributed by atoms with E-state index in [0.717, 1.165) is 35.6 Å². The van der Waals surface area contributed by atoms with E-state index >= 15 is 0 Å². The molecule has 7 nitrogen and oxygen atoms in total. The van der Waals surface area contributed by atoms with Gasteiger partial charge in [0.2, 0.25) is 0 Å². The fraction of sp³-hybridized carbons (Fsp3) is 0.320. The number of rotatable bonds is 9. The van der Waals surface area contributed by atoms with E-state index in [9.17, 15) is 9.90 Å². The van der Waals surface area contributed by atoms with Crippen LogP contribution >= 0.6 is 22.9 Å². The number of hydrogen-bond acceptors (Lipinski definition) is 7. The highest BCUT2D eigenvalue weighted by Crippen LogP contribution is 2.36. The first-order chi connectivity index (χ1) is 16.5. The van der Waals surface area contributed by atoms with Crippen molar-refractivity contribution in [2.24, 2.45) is 0 Å². The SMILES string of the molecule is CNc1cc(-c2ccc(Cl)cc2)sc1C(=O)Nc1ccc(OCCN2CC[C@@H](O)C2)c(OC)c1. The Morgan fingerprint density at radius 1 is 1.21 bits per heavy atom. The van der Waals surface area contributed by atoms with Crippen LogP contribution in [0.15, 0.2) is 48.5 Å². The van der Waals surface area contributed by atoms with Crippen LogP contribution in [0.25, 0.3) is 10.4 Å². The summed E-state index contributed by atoms with van der Waals surface area (Å²) in [6.07, 6.45) is 0.560. The lowest BCUT2D eigenvalue weighted by atomic mass is 10.2. The lowest BCUT2D eigenvalue weighted by Crippen LogP contribution is -2.27. The minimum Gasteiger partial charge on any atom is -0.493 e. The van der Waals surface area contributed by atoms with Gasteiger partial charge in [-0.15, -0.1) is 11.3 Å². The van der Waals surface area contributed by atoms with Gasteiger partial charge in [0.1, 0.15) is 11.5 Å². The zero-order valence-electron chi connectivity index (χ0n) is 19.1. The van der Waals surface area contributed by atoms with Gasteiger partial charge >= 0.3 is 0 Å². The number of aliphatic hydroxyl groups is 1. The van der Waals surface area contributed by atoms with Crippen molar-refractivity contribution < 1.29 is 19.4 Å². The first-order valence-electron chi connectivity index (χ1n) is 11.1. The van der Waals surface area contributed by atoms with Crippen molar-refractivity contribution in [3.63, 3.8) is 0 Å². The maximum Gasteiger partial charge on any atom is 0.267 e. The van der Waals surface area contributed by atoms with Gasteiger partial charge in [0.05, 0.1) is 18.9 Å². The summed E-state index contributed by atoms with van der Waals surface area (Å²) in [6, 6.07) is 14.8. The molecule has 0 spiro atoms. The number of thiophene rings is 1. The quantitative estimate of drug-likeness (QED) is 0.390. The van der Waals surface area contributed by atoms with E-state index in [0.29, 0.717) is 40.2 Å². The molecule has 1 aliphatic rings. The topological polar surface area (TPSA) is 83.1 Å². The number of benzene rings is 2. The summed E-state index contributed by atoms with van der Waals surface area (Å²) in [7, 11) is 3.36. The minimum absolute atomic E-state index is 0.210. The zero-order valence-corrected chi connectivity index (χ0v) is 20.7. The Bertz CT molecular complexity index is 1140. The Morgan fingerprint density at radius 3 is 2.68 bits per heavy atom. The van der Waals surface area contributed by atoms with Crippen molar-refractivity contribution in [3.8, 4) is 21.9 Å². The number of β-amino-alcohol motifs (C(OH)–C–C–N with tert-alkyl or cyclic N) is 1. The van der Waals surface area contributed by atoms with Gasteiger partial charge in [-0.3, -0.25) is 9.69 Å². The van der Waals surface area contributed by atoms with Gasteiger partial charge in [-0.1, -0.05) is 23.7 Å². The molecular formula is C25H28ClN3O4S. The summed E-state index contributed by atoms with van der Waals surface area (Å²) < 4.78 is 11.4.